The van der Waals surface area contributed by atoms with Crippen LogP contribution < -0.4 is 21.9 Å². The molecule has 194 valence electrons. The molecule has 10 heteroatoms. The summed E-state index contributed by atoms with van der Waals surface area (Å²) < 4.78 is 3.75. The van der Waals surface area contributed by atoms with Crippen molar-refractivity contribution in [1.82, 2.24) is 29.4 Å². The van der Waals surface area contributed by atoms with Gasteiger partial charge in [0.15, 0.2) is 0 Å². The van der Waals surface area contributed by atoms with Crippen molar-refractivity contribution in [3.63, 3.8) is 0 Å². The summed E-state index contributed by atoms with van der Waals surface area (Å²) in [6, 6.07) is 14.0. The number of nitrogens with one attached hydrogen (secondary N) is 2. The first kappa shape index (κ1) is 25.9. The number of hydrogen-bond donors (Lipinski definition) is 2. The summed E-state index contributed by atoms with van der Waals surface area (Å²) in [5, 5.41) is 10.4. The fraction of sp³-hybridized carbons (Fsp3) is 0.370. The van der Waals surface area contributed by atoms with E-state index in [1.165, 1.54) is 15.0 Å². The number of aromatic nitrogens is 4. The van der Waals surface area contributed by atoms with E-state index in [1.807, 2.05) is 65.0 Å². The summed E-state index contributed by atoms with van der Waals surface area (Å²) in [6.07, 6.45) is 0.761. The zero-order chi connectivity index (χ0) is 26.9. The quantitative estimate of drug-likeness (QED) is 0.400. The average molecular weight is 505 g/mol. The highest BCUT2D eigenvalue weighted by molar-refractivity contribution is 5.98. The Bertz CT molecular complexity index is 1590. The Morgan fingerprint density at radius 2 is 1.76 bits per heavy atom. The van der Waals surface area contributed by atoms with Crippen LogP contribution in [0.25, 0.3) is 16.7 Å². The third-order valence-corrected chi connectivity index (χ3v) is 6.02. The van der Waals surface area contributed by atoms with Gasteiger partial charge in [-0.3, -0.25) is 19.0 Å². The first-order chi connectivity index (χ1) is 17.5. The summed E-state index contributed by atoms with van der Waals surface area (Å²) in [4.78, 5) is 52.5. The largest absolute Gasteiger partial charge is 0.352 e. The van der Waals surface area contributed by atoms with Gasteiger partial charge < -0.3 is 10.6 Å². The van der Waals surface area contributed by atoms with Crippen molar-refractivity contribution in [2.75, 3.05) is 0 Å². The van der Waals surface area contributed by atoms with Crippen LogP contribution in [-0.2, 0) is 17.9 Å². The average Bonchev–Trinajstić information content (AvgIpc) is 3.16. The van der Waals surface area contributed by atoms with Crippen LogP contribution in [0.1, 0.15) is 57.0 Å². The Kier molecular flexibility index (Phi) is 7.02. The van der Waals surface area contributed by atoms with Crippen LogP contribution in [0, 0.1) is 0 Å². The second-order valence-electron chi connectivity index (χ2n) is 10.3. The molecule has 0 aliphatic rings. The van der Waals surface area contributed by atoms with E-state index in [1.54, 1.807) is 12.1 Å². The molecule has 0 bridgehead atoms. The van der Waals surface area contributed by atoms with Crippen LogP contribution >= 0.6 is 0 Å². The van der Waals surface area contributed by atoms with E-state index in [9.17, 15) is 19.2 Å². The van der Waals surface area contributed by atoms with Gasteiger partial charge in [-0.25, -0.2) is 13.9 Å². The number of carbonyl (C=O) groups excluding carboxylic acids is 2. The Morgan fingerprint density at radius 3 is 2.41 bits per heavy atom. The monoisotopic (exact) mass is 504 g/mol. The van der Waals surface area contributed by atoms with Crippen LogP contribution in [0.2, 0.25) is 0 Å². The van der Waals surface area contributed by atoms with Crippen LogP contribution in [-0.4, -0.2) is 42.1 Å². The lowest BCUT2D eigenvalue weighted by Gasteiger charge is -2.20. The number of fused-ring (bicyclic) bond motifs is 3. The molecule has 2 N–H and O–H groups in total. The lowest BCUT2D eigenvalue weighted by Crippen LogP contribution is -2.43. The fourth-order valence-corrected chi connectivity index (χ4v) is 4.07. The predicted octanol–water partition coefficient (Wildman–Crippen LogP) is 2.30. The van der Waals surface area contributed by atoms with E-state index < -0.39 is 11.2 Å². The van der Waals surface area contributed by atoms with Gasteiger partial charge in [-0.15, -0.1) is 5.10 Å². The Morgan fingerprint density at radius 1 is 1.05 bits per heavy atom. The number of nitrogens with zero attached hydrogens (tertiary/aromatic N) is 4. The Hall–Kier alpha value is -4.21. The molecule has 0 radical (unpaired) electrons. The molecule has 1 unspecified atom stereocenters. The molecule has 0 spiro atoms. The number of hydrogen-bond acceptors (Lipinski definition) is 5. The maximum absolute atomic E-state index is 13.6. The molecule has 0 aliphatic heterocycles. The SMILES string of the molecule is CCC(C)NC(=O)c1ccc2c(=O)n(Cc3ccccc3)c3nn(CC(=O)NC(C)(C)C)c(=O)n3c2c1. The van der Waals surface area contributed by atoms with Crippen LogP contribution in [0.15, 0.2) is 58.1 Å². The van der Waals surface area contributed by atoms with Gasteiger partial charge in [-0.2, -0.15) is 0 Å². The van der Waals surface area contributed by atoms with Crippen molar-refractivity contribution in [2.45, 2.75) is 65.7 Å². The van der Waals surface area contributed by atoms with E-state index >= 15 is 0 Å². The maximum Gasteiger partial charge on any atom is 0.352 e. The smallest absolute Gasteiger partial charge is 0.350 e. The van der Waals surface area contributed by atoms with Crippen LogP contribution in [0.4, 0.5) is 0 Å². The molecule has 37 heavy (non-hydrogen) atoms. The van der Waals surface area contributed by atoms with Crippen molar-refractivity contribution < 1.29 is 9.59 Å². The second-order valence-corrected chi connectivity index (χ2v) is 10.3. The lowest BCUT2D eigenvalue weighted by atomic mass is 10.1. The molecule has 0 saturated heterocycles. The van der Waals surface area contributed by atoms with Gasteiger partial charge in [0.2, 0.25) is 11.7 Å². The molecular weight excluding hydrogens is 472 g/mol. The van der Waals surface area contributed by atoms with E-state index in [2.05, 4.69) is 15.7 Å². The van der Waals surface area contributed by atoms with Crippen molar-refractivity contribution in [3.8, 4) is 0 Å². The van der Waals surface area contributed by atoms with Crippen LogP contribution in [0.5, 0.6) is 0 Å². The van der Waals surface area contributed by atoms with Gasteiger partial charge in [0.05, 0.1) is 17.4 Å². The summed E-state index contributed by atoms with van der Waals surface area (Å²) in [7, 11) is 0. The van der Waals surface area contributed by atoms with Gasteiger partial charge in [0.1, 0.15) is 6.54 Å². The number of benzene rings is 2. The molecule has 1 atom stereocenters. The van der Waals surface area contributed by atoms with E-state index in [0.717, 1.165) is 16.7 Å². The van der Waals surface area contributed by atoms with Crippen molar-refractivity contribution in [3.05, 3.63) is 80.5 Å². The van der Waals surface area contributed by atoms with Gasteiger partial charge in [-0.1, -0.05) is 37.3 Å². The first-order valence-corrected chi connectivity index (χ1v) is 12.3. The summed E-state index contributed by atoms with van der Waals surface area (Å²) in [5.41, 5.74) is 0.0117. The Labute approximate surface area is 213 Å². The van der Waals surface area contributed by atoms with E-state index in [4.69, 9.17) is 0 Å². The van der Waals surface area contributed by atoms with Crippen molar-refractivity contribution in [1.29, 1.82) is 0 Å². The molecule has 2 heterocycles. The summed E-state index contributed by atoms with van der Waals surface area (Å²) >= 11 is 0. The summed E-state index contributed by atoms with van der Waals surface area (Å²) in [6.45, 7) is 9.26. The normalized spacial score (nSPS) is 12.6. The molecule has 0 aliphatic carbocycles. The minimum atomic E-state index is -0.578. The molecule has 4 aromatic rings. The highest BCUT2D eigenvalue weighted by Gasteiger charge is 2.22. The molecule has 0 saturated carbocycles. The minimum Gasteiger partial charge on any atom is -0.350 e. The third kappa shape index (κ3) is 5.47. The maximum atomic E-state index is 13.6. The van der Waals surface area contributed by atoms with Crippen molar-refractivity contribution >= 4 is 28.5 Å². The number of rotatable bonds is 7. The zero-order valence-electron chi connectivity index (χ0n) is 21.7. The van der Waals surface area contributed by atoms with E-state index in [0.29, 0.717) is 5.56 Å². The fourth-order valence-electron chi connectivity index (χ4n) is 4.07. The number of amides is 2. The predicted molar refractivity (Wildman–Crippen MR) is 142 cm³/mol. The molecule has 4 rings (SSSR count). The van der Waals surface area contributed by atoms with Gasteiger partial charge in [0.25, 0.3) is 11.5 Å². The lowest BCUT2D eigenvalue weighted by molar-refractivity contribution is -0.123. The number of carbonyl (C=O) groups is 2. The third-order valence-electron chi connectivity index (χ3n) is 6.02. The summed E-state index contributed by atoms with van der Waals surface area (Å²) in [5.74, 6) is -0.592. The molecule has 10 nitrogen and oxygen atoms in total. The highest BCUT2D eigenvalue weighted by atomic mass is 16.2. The molecule has 2 aromatic heterocycles. The Balaban J connectivity index is 1.93. The van der Waals surface area contributed by atoms with Gasteiger partial charge in [0, 0.05) is 17.1 Å². The molecule has 0 fully saturated rings. The van der Waals surface area contributed by atoms with Gasteiger partial charge >= 0.3 is 5.69 Å². The van der Waals surface area contributed by atoms with Crippen molar-refractivity contribution in [2.24, 2.45) is 0 Å². The minimum absolute atomic E-state index is 0.0334. The topological polar surface area (TPSA) is 120 Å². The second kappa shape index (κ2) is 10.0. The molecule has 2 amide bonds. The van der Waals surface area contributed by atoms with Crippen LogP contribution in [0.3, 0.4) is 0 Å². The molecular formula is C27H32N6O4. The highest BCUT2D eigenvalue weighted by Crippen LogP contribution is 2.16. The molecule has 2 aromatic carbocycles. The van der Waals surface area contributed by atoms with E-state index in [-0.39, 0.29) is 53.2 Å². The van der Waals surface area contributed by atoms with Gasteiger partial charge in [-0.05, 0) is 57.9 Å². The first-order valence-electron chi connectivity index (χ1n) is 12.3. The zero-order valence-corrected chi connectivity index (χ0v) is 21.7. The standard InChI is InChI=1S/C27H32N6O4/c1-6-17(2)28-23(35)19-12-13-20-21(14-19)33-25(31(24(20)36)15-18-10-8-7-9-11-18)30-32(26(33)37)16-22(34)29-27(3,4)5/h7-14,17H,6,15-16H2,1-5H3,(H,28,35)(H,29,34).